The fourth-order valence-electron chi connectivity index (χ4n) is 1.32. The second-order valence-electron chi connectivity index (χ2n) is 3.58. The Morgan fingerprint density at radius 2 is 2.12 bits per heavy atom. The molecule has 0 spiro atoms. The normalized spacial score (nSPS) is 10.3. The van der Waals surface area contributed by atoms with Crippen LogP contribution in [0, 0.1) is 12.7 Å². The number of pyridine rings is 1. The van der Waals surface area contributed by atoms with Crippen molar-refractivity contribution in [2.24, 2.45) is 0 Å². The summed E-state index contributed by atoms with van der Waals surface area (Å²) in [5.41, 5.74) is 7.12. The maximum Gasteiger partial charge on any atom is 0.242 e. The summed E-state index contributed by atoms with van der Waals surface area (Å²) in [4.78, 5) is 4.05. The maximum atomic E-state index is 13.1. The zero-order valence-corrected chi connectivity index (χ0v) is 10.7. The van der Waals surface area contributed by atoms with E-state index in [1.807, 2.05) is 6.92 Å². The van der Waals surface area contributed by atoms with Crippen LogP contribution in [-0.2, 0) is 0 Å². The number of rotatable bonds is 2. The van der Waals surface area contributed by atoms with E-state index in [1.54, 1.807) is 18.3 Å². The van der Waals surface area contributed by atoms with Gasteiger partial charge in [-0.2, -0.15) is 0 Å². The summed E-state index contributed by atoms with van der Waals surface area (Å²) in [6.07, 6.45) is 1.64. The molecule has 0 saturated heterocycles. The van der Waals surface area contributed by atoms with Crippen molar-refractivity contribution >= 4 is 21.6 Å². The quantitative estimate of drug-likeness (QED) is 0.920. The number of nitrogen functional groups attached to an aromatic ring is 1. The number of benzene rings is 1. The van der Waals surface area contributed by atoms with Gasteiger partial charge in [0.15, 0.2) is 0 Å². The third kappa shape index (κ3) is 2.74. The van der Waals surface area contributed by atoms with Crippen LogP contribution in [0.4, 0.5) is 10.1 Å². The molecule has 0 radical (unpaired) electrons. The molecule has 2 aromatic rings. The molecule has 17 heavy (non-hydrogen) atoms. The number of nitrogens with zero attached hydrogens (tertiary/aromatic N) is 1. The third-order valence-corrected chi connectivity index (χ3v) is 2.77. The average molecular weight is 297 g/mol. The molecule has 0 saturated carbocycles. The predicted molar refractivity (Wildman–Crippen MR) is 67.6 cm³/mol. The van der Waals surface area contributed by atoms with E-state index in [0.717, 1.165) is 5.56 Å². The SMILES string of the molecule is Cc1cnc(Oc2cc(F)ccc2Br)c(N)c1. The van der Waals surface area contributed by atoms with E-state index < -0.39 is 0 Å². The second kappa shape index (κ2) is 4.71. The molecule has 0 atom stereocenters. The first-order valence-corrected chi connectivity index (χ1v) is 5.70. The summed E-state index contributed by atoms with van der Waals surface area (Å²) in [6.45, 7) is 1.88. The van der Waals surface area contributed by atoms with E-state index in [1.165, 1.54) is 12.1 Å². The summed E-state index contributed by atoms with van der Waals surface area (Å²) < 4.78 is 19.2. The van der Waals surface area contributed by atoms with Gasteiger partial charge in [0.05, 0.1) is 10.2 Å². The van der Waals surface area contributed by atoms with E-state index in [0.29, 0.717) is 15.9 Å². The highest BCUT2D eigenvalue weighted by Gasteiger charge is 2.08. The van der Waals surface area contributed by atoms with Crippen LogP contribution in [0.1, 0.15) is 5.56 Å². The summed E-state index contributed by atoms with van der Waals surface area (Å²) >= 11 is 3.27. The van der Waals surface area contributed by atoms with Gasteiger partial charge in [0.2, 0.25) is 5.88 Å². The largest absolute Gasteiger partial charge is 0.436 e. The summed E-state index contributed by atoms with van der Waals surface area (Å²) in [5, 5.41) is 0. The van der Waals surface area contributed by atoms with Gasteiger partial charge in [-0.05, 0) is 46.6 Å². The van der Waals surface area contributed by atoms with Crippen LogP contribution >= 0.6 is 15.9 Å². The Morgan fingerprint density at radius 3 is 2.82 bits per heavy atom. The lowest BCUT2D eigenvalue weighted by Gasteiger charge is -2.09. The number of aromatic nitrogens is 1. The Bertz CT molecular complexity index is 560. The van der Waals surface area contributed by atoms with Crippen molar-refractivity contribution < 1.29 is 9.13 Å². The molecule has 0 fully saturated rings. The molecule has 1 aromatic carbocycles. The van der Waals surface area contributed by atoms with Gasteiger partial charge in [-0.3, -0.25) is 0 Å². The van der Waals surface area contributed by atoms with Gasteiger partial charge >= 0.3 is 0 Å². The van der Waals surface area contributed by atoms with Crippen molar-refractivity contribution in [1.82, 2.24) is 4.98 Å². The van der Waals surface area contributed by atoms with Gasteiger partial charge in [0.25, 0.3) is 0 Å². The Labute approximate surface area is 107 Å². The van der Waals surface area contributed by atoms with Crippen LogP contribution in [0.25, 0.3) is 0 Å². The van der Waals surface area contributed by atoms with Gasteiger partial charge in [0.1, 0.15) is 11.6 Å². The highest BCUT2D eigenvalue weighted by Crippen LogP contribution is 2.31. The van der Waals surface area contributed by atoms with Crippen molar-refractivity contribution in [3.05, 3.63) is 46.3 Å². The molecule has 2 rings (SSSR count). The monoisotopic (exact) mass is 296 g/mol. The topological polar surface area (TPSA) is 48.1 Å². The Hall–Kier alpha value is -1.62. The maximum absolute atomic E-state index is 13.1. The van der Waals surface area contributed by atoms with Crippen LogP contribution in [0.5, 0.6) is 11.6 Å². The molecule has 1 heterocycles. The van der Waals surface area contributed by atoms with Crippen LogP contribution in [0.2, 0.25) is 0 Å². The molecule has 5 heteroatoms. The number of nitrogens with two attached hydrogens (primary N) is 1. The van der Waals surface area contributed by atoms with Gasteiger partial charge in [-0.1, -0.05) is 0 Å². The minimum atomic E-state index is -0.381. The molecule has 1 aromatic heterocycles. The van der Waals surface area contributed by atoms with Crippen molar-refractivity contribution in [2.75, 3.05) is 5.73 Å². The van der Waals surface area contributed by atoms with Crippen molar-refractivity contribution in [3.63, 3.8) is 0 Å². The molecule has 88 valence electrons. The van der Waals surface area contributed by atoms with Crippen LogP contribution in [-0.4, -0.2) is 4.98 Å². The standard InChI is InChI=1S/C12H10BrFN2O/c1-7-4-10(15)12(16-6-7)17-11-5-8(14)2-3-9(11)13/h2-6H,15H2,1H3. The summed E-state index contributed by atoms with van der Waals surface area (Å²) in [5.74, 6) is 0.226. The minimum absolute atomic E-state index is 0.266. The average Bonchev–Trinajstić information content (AvgIpc) is 2.27. The van der Waals surface area contributed by atoms with E-state index in [9.17, 15) is 4.39 Å². The molecule has 3 nitrogen and oxygen atoms in total. The Kier molecular flexibility index (Phi) is 3.28. The molecule has 0 aliphatic rings. The first kappa shape index (κ1) is 11.9. The molecule has 0 amide bonds. The van der Waals surface area contributed by atoms with E-state index >= 15 is 0 Å². The highest BCUT2D eigenvalue weighted by molar-refractivity contribution is 9.10. The lowest BCUT2D eigenvalue weighted by molar-refractivity contribution is 0.457. The minimum Gasteiger partial charge on any atom is -0.436 e. The zero-order chi connectivity index (χ0) is 12.4. The van der Waals surface area contributed by atoms with E-state index in [4.69, 9.17) is 10.5 Å². The number of hydrogen-bond acceptors (Lipinski definition) is 3. The highest BCUT2D eigenvalue weighted by atomic mass is 79.9. The molecular weight excluding hydrogens is 287 g/mol. The fourth-order valence-corrected chi connectivity index (χ4v) is 1.65. The first-order valence-electron chi connectivity index (χ1n) is 4.91. The number of aryl methyl sites for hydroxylation is 1. The molecule has 0 aliphatic heterocycles. The lowest BCUT2D eigenvalue weighted by Crippen LogP contribution is -1.96. The summed E-state index contributed by atoms with van der Waals surface area (Å²) in [6, 6.07) is 5.92. The Morgan fingerprint density at radius 1 is 1.35 bits per heavy atom. The number of halogens is 2. The van der Waals surface area contributed by atoms with E-state index in [2.05, 4.69) is 20.9 Å². The molecule has 0 unspecified atom stereocenters. The first-order chi connectivity index (χ1) is 8.06. The molecule has 2 N–H and O–H groups in total. The fraction of sp³-hybridized carbons (Fsp3) is 0.0833. The van der Waals surface area contributed by atoms with Crippen LogP contribution < -0.4 is 10.5 Å². The van der Waals surface area contributed by atoms with Gasteiger partial charge < -0.3 is 10.5 Å². The van der Waals surface area contributed by atoms with Crippen LogP contribution in [0.3, 0.4) is 0 Å². The molecule has 0 bridgehead atoms. The lowest BCUT2D eigenvalue weighted by atomic mass is 10.3. The number of ether oxygens (including phenoxy) is 1. The smallest absolute Gasteiger partial charge is 0.242 e. The molecule has 0 aliphatic carbocycles. The zero-order valence-electron chi connectivity index (χ0n) is 9.08. The summed E-state index contributed by atoms with van der Waals surface area (Å²) in [7, 11) is 0. The van der Waals surface area contributed by atoms with E-state index in [-0.39, 0.29) is 11.7 Å². The number of anilines is 1. The van der Waals surface area contributed by atoms with Gasteiger partial charge in [-0.15, -0.1) is 0 Å². The van der Waals surface area contributed by atoms with Crippen molar-refractivity contribution in [1.29, 1.82) is 0 Å². The van der Waals surface area contributed by atoms with Gasteiger partial charge in [0, 0.05) is 12.3 Å². The Balaban J connectivity index is 2.34. The molecular formula is C12H10BrFN2O. The van der Waals surface area contributed by atoms with Crippen LogP contribution in [0.15, 0.2) is 34.9 Å². The van der Waals surface area contributed by atoms with Crippen molar-refractivity contribution in [3.8, 4) is 11.6 Å². The van der Waals surface area contributed by atoms with Gasteiger partial charge in [-0.25, -0.2) is 9.37 Å². The predicted octanol–water partition coefficient (Wildman–Crippen LogP) is 3.67. The number of hydrogen-bond donors (Lipinski definition) is 1. The van der Waals surface area contributed by atoms with Crippen molar-refractivity contribution in [2.45, 2.75) is 6.92 Å². The third-order valence-electron chi connectivity index (χ3n) is 2.12. The second-order valence-corrected chi connectivity index (χ2v) is 4.44.